The molecule has 0 spiro atoms. The van der Waals surface area contributed by atoms with E-state index in [1.165, 1.54) is 0 Å². The first-order chi connectivity index (χ1) is 10.2. The molecule has 0 amide bonds. The maximum atomic E-state index is 5.51. The lowest BCUT2D eigenvalue weighted by Gasteiger charge is -2.42. The molecular weight excluding hydrogens is 328 g/mol. The molecule has 0 fully saturated rings. The summed E-state index contributed by atoms with van der Waals surface area (Å²) in [7, 11) is 14.7. The molecular formula is C14H39N7P2. The van der Waals surface area contributed by atoms with Crippen molar-refractivity contribution in [3.05, 3.63) is 0 Å². The van der Waals surface area contributed by atoms with Crippen LogP contribution in [0.5, 0.6) is 0 Å². The van der Waals surface area contributed by atoms with E-state index in [2.05, 4.69) is 101 Å². The SMILES string of the molecule is CNCP(=NP(=NC(C)(C)C)(N(C)C)N(C)C)(N(C)C)N(C)C. The second-order valence-corrected chi connectivity index (χ2v) is 14.4. The van der Waals surface area contributed by atoms with E-state index in [1.54, 1.807) is 0 Å². The first kappa shape index (κ1) is 23.3. The lowest BCUT2D eigenvalue weighted by atomic mass is 10.1. The standard InChI is InChI=1S/C14H39N7P2/c1-14(2,3)16-23(20(9)10,21(11)12)17-22(13-15-4,18(5)6)19(7)8/h15H,13H2,1-12H3. The highest BCUT2D eigenvalue weighted by Gasteiger charge is 2.34. The maximum Gasteiger partial charge on any atom is 0.212 e. The molecule has 0 heterocycles. The molecule has 0 saturated heterocycles. The Morgan fingerprint density at radius 3 is 1.39 bits per heavy atom. The Balaban J connectivity index is 6.89. The zero-order valence-electron chi connectivity index (χ0n) is 17.3. The molecule has 7 nitrogen and oxygen atoms in total. The van der Waals surface area contributed by atoms with Gasteiger partial charge >= 0.3 is 0 Å². The van der Waals surface area contributed by atoms with Gasteiger partial charge in [-0.15, -0.1) is 0 Å². The van der Waals surface area contributed by atoms with Crippen molar-refractivity contribution in [2.75, 3.05) is 69.7 Å². The molecule has 0 bridgehead atoms. The van der Waals surface area contributed by atoms with Gasteiger partial charge in [-0.3, -0.25) is 9.34 Å². The van der Waals surface area contributed by atoms with Crippen molar-refractivity contribution < 1.29 is 0 Å². The second kappa shape index (κ2) is 8.57. The molecule has 0 aromatic rings. The van der Waals surface area contributed by atoms with Gasteiger partial charge < -0.3 is 5.32 Å². The molecule has 140 valence electrons. The third-order valence-corrected chi connectivity index (χ3v) is 11.8. The molecule has 0 atom stereocenters. The quantitative estimate of drug-likeness (QED) is 0.701. The first-order valence-corrected chi connectivity index (χ1v) is 11.3. The summed E-state index contributed by atoms with van der Waals surface area (Å²) < 4.78 is 19.7. The normalized spacial score (nSPS) is 14.3. The summed E-state index contributed by atoms with van der Waals surface area (Å²) in [4.78, 5) is 0. The molecule has 0 saturated carbocycles. The van der Waals surface area contributed by atoms with E-state index in [1.807, 2.05) is 7.05 Å². The van der Waals surface area contributed by atoms with Gasteiger partial charge in [0.25, 0.3) is 0 Å². The molecule has 0 aromatic heterocycles. The van der Waals surface area contributed by atoms with E-state index in [4.69, 9.17) is 9.26 Å². The average molecular weight is 367 g/mol. The number of nitrogens with zero attached hydrogens (tertiary/aromatic N) is 6. The molecule has 0 aliphatic rings. The van der Waals surface area contributed by atoms with Crippen molar-refractivity contribution in [3.63, 3.8) is 0 Å². The fourth-order valence-electron chi connectivity index (χ4n) is 2.36. The van der Waals surface area contributed by atoms with Crippen LogP contribution in [-0.4, -0.2) is 93.9 Å². The fraction of sp³-hybridized carbons (Fsp3) is 1.00. The van der Waals surface area contributed by atoms with E-state index >= 15 is 0 Å². The van der Waals surface area contributed by atoms with Gasteiger partial charge in [-0.05, 0) is 84.2 Å². The summed E-state index contributed by atoms with van der Waals surface area (Å²) in [5.74, 6) is 0. The van der Waals surface area contributed by atoms with Crippen LogP contribution in [0, 0.1) is 0 Å². The van der Waals surface area contributed by atoms with Crippen LogP contribution >= 0.6 is 14.9 Å². The summed E-state index contributed by atoms with van der Waals surface area (Å²) >= 11 is 0. The lowest BCUT2D eigenvalue weighted by molar-refractivity contribution is 0.518. The Hall–Kier alpha value is 0.260. The molecule has 0 aromatic carbocycles. The summed E-state index contributed by atoms with van der Waals surface area (Å²) in [5.41, 5.74) is -0.153. The van der Waals surface area contributed by atoms with Crippen molar-refractivity contribution >= 4 is 14.9 Å². The predicted molar refractivity (Wildman–Crippen MR) is 107 cm³/mol. The Bertz CT molecular complexity index is 452. The van der Waals surface area contributed by atoms with E-state index in [9.17, 15) is 0 Å². The van der Waals surface area contributed by atoms with Gasteiger partial charge in [-0.2, -0.15) is 0 Å². The molecule has 1 N–H and O–H groups in total. The van der Waals surface area contributed by atoms with Crippen LogP contribution in [0.25, 0.3) is 0 Å². The Morgan fingerprint density at radius 1 is 0.783 bits per heavy atom. The molecule has 0 radical (unpaired) electrons. The smallest absolute Gasteiger partial charge is 0.212 e. The molecule has 9 heteroatoms. The number of rotatable bonds is 7. The van der Waals surface area contributed by atoms with Gasteiger partial charge in [0.1, 0.15) is 7.36 Å². The van der Waals surface area contributed by atoms with Crippen LogP contribution in [0.15, 0.2) is 9.26 Å². The largest absolute Gasteiger partial charge is 0.312 e. The minimum absolute atomic E-state index is 0.153. The highest BCUT2D eigenvalue weighted by molar-refractivity contribution is 7.72. The lowest BCUT2D eigenvalue weighted by Crippen LogP contribution is -2.30. The molecule has 0 aliphatic carbocycles. The third-order valence-electron chi connectivity index (χ3n) is 3.42. The highest BCUT2D eigenvalue weighted by atomic mass is 31.2. The Labute approximate surface area is 144 Å². The van der Waals surface area contributed by atoms with E-state index < -0.39 is 14.9 Å². The number of hydrogen-bond donors (Lipinski definition) is 1. The van der Waals surface area contributed by atoms with Crippen molar-refractivity contribution in [3.8, 4) is 0 Å². The highest BCUT2D eigenvalue weighted by Crippen LogP contribution is 2.67. The van der Waals surface area contributed by atoms with Crippen LogP contribution in [0.1, 0.15) is 20.8 Å². The minimum Gasteiger partial charge on any atom is -0.312 e. The zero-order valence-corrected chi connectivity index (χ0v) is 19.1. The van der Waals surface area contributed by atoms with Gasteiger partial charge in [-0.1, -0.05) is 0 Å². The molecule has 0 aliphatic heterocycles. The van der Waals surface area contributed by atoms with Gasteiger partial charge in [-0.25, -0.2) is 18.6 Å². The van der Waals surface area contributed by atoms with Gasteiger partial charge in [0, 0.05) is 0 Å². The van der Waals surface area contributed by atoms with Crippen molar-refractivity contribution in [1.29, 1.82) is 0 Å². The fourth-order valence-corrected chi connectivity index (χ4v) is 10.4. The Morgan fingerprint density at radius 2 is 1.17 bits per heavy atom. The molecule has 23 heavy (non-hydrogen) atoms. The summed E-state index contributed by atoms with van der Waals surface area (Å²) in [6, 6.07) is 0. The molecule has 0 unspecified atom stereocenters. The van der Waals surface area contributed by atoms with Crippen LogP contribution in [0.4, 0.5) is 0 Å². The maximum absolute atomic E-state index is 5.51. The number of hydrogen-bond acceptors (Lipinski definition) is 2. The predicted octanol–water partition coefficient (Wildman–Crippen LogP) is 3.19. The monoisotopic (exact) mass is 367 g/mol. The van der Waals surface area contributed by atoms with Crippen LogP contribution in [0.3, 0.4) is 0 Å². The number of nitrogens with one attached hydrogen (secondary N) is 1. The summed E-state index contributed by atoms with van der Waals surface area (Å²) in [5, 5.41) is 3.35. The zero-order chi connectivity index (χ0) is 18.6. The van der Waals surface area contributed by atoms with Crippen molar-refractivity contribution in [2.45, 2.75) is 26.3 Å². The third kappa shape index (κ3) is 5.64. The van der Waals surface area contributed by atoms with Gasteiger partial charge in [0.2, 0.25) is 7.51 Å². The average Bonchev–Trinajstić information content (AvgIpc) is 2.34. The van der Waals surface area contributed by atoms with E-state index in [-0.39, 0.29) is 5.54 Å². The second-order valence-electron chi connectivity index (χ2n) is 7.49. The topological polar surface area (TPSA) is 49.7 Å². The summed E-state index contributed by atoms with van der Waals surface area (Å²) in [6.45, 7) is 6.44. The summed E-state index contributed by atoms with van der Waals surface area (Å²) in [6.07, 6.45) is 0.829. The minimum atomic E-state index is -2.18. The first-order valence-electron chi connectivity index (χ1n) is 7.87. The van der Waals surface area contributed by atoms with E-state index in [0.29, 0.717) is 0 Å². The van der Waals surface area contributed by atoms with Crippen LogP contribution < -0.4 is 5.32 Å². The van der Waals surface area contributed by atoms with Gasteiger partial charge in [0.05, 0.1) is 11.8 Å². The van der Waals surface area contributed by atoms with Crippen LogP contribution in [-0.2, 0) is 0 Å². The Kier molecular flexibility index (Phi) is 8.67. The molecule has 0 rings (SSSR count). The van der Waals surface area contributed by atoms with Crippen LogP contribution in [0.2, 0.25) is 0 Å². The van der Waals surface area contributed by atoms with Crippen molar-refractivity contribution in [2.24, 2.45) is 9.26 Å². The van der Waals surface area contributed by atoms with Crippen molar-refractivity contribution in [1.82, 2.24) is 24.0 Å². The van der Waals surface area contributed by atoms with E-state index in [0.717, 1.165) is 6.29 Å². The van der Waals surface area contributed by atoms with Gasteiger partial charge in [0.15, 0.2) is 0 Å².